The number of hydrogen-bond acceptors (Lipinski definition) is 2. The maximum atomic E-state index is 6.47. The van der Waals surface area contributed by atoms with Crippen LogP contribution in [0.5, 0.6) is 0 Å². The third kappa shape index (κ3) is 2.86. The van der Waals surface area contributed by atoms with Crippen LogP contribution in [-0.2, 0) is 0 Å². The maximum absolute atomic E-state index is 6.47. The van der Waals surface area contributed by atoms with Crippen LogP contribution in [0.25, 0.3) is 0 Å². The normalized spacial score (nSPS) is 19.8. The summed E-state index contributed by atoms with van der Waals surface area (Å²) in [4.78, 5) is 2.47. The largest absolute Gasteiger partial charge is 0.323 e. The summed E-state index contributed by atoms with van der Waals surface area (Å²) in [5.74, 6) is 0. The molecule has 2 heteroatoms. The lowest BCUT2D eigenvalue weighted by molar-refractivity contribution is 0.116. The molecule has 1 unspecified atom stereocenters. The monoisotopic (exact) mass is 224 g/mol. The van der Waals surface area contributed by atoms with E-state index in [1.165, 1.54) is 31.3 Å². The quantitative estimate of drug-likeness (QED) is 0.728. The van der Waals surface area contributed by atoms with Crippen molar-refractivity contribution in [1.29, 1.82) is 0 Å². The summed E-state index contributed by atoms with van der Waals surface area (Å²) in [6.07, 6.45) is 7.44. The Kier molecular flexibility index (Phi) is 5.00. The number of hydrogen-bond donors (Lipinski definition) is 1. The van der Waals surface area contributed by atoms with Crippen LogP contribution in [-0.4, -0.2) is 29.6 Å². The molecule has 0 amide bonds. The Bertz CT molecular complexity index is 239. The minimum Gasteiger partial charge on any atom is -0.323 e. The van der Waals surface area contributed by atoms with Crippen molar-refractivity contribution in [2.45, 2.75) is 65.0 Å². The predicted octanol–water partition coefficient (Wildman–Crippen LogP) is 2.93. The molecule has 0 saturated carbocycles. The molecular weight excluding hydrogens is 196 g/mol. The van der Waals surface area contributed by atoms with Crippen molar-refractivity contribution in [2.24, 2.45) is 5.73 Å². The molecule has 0 aliphatic heterocycles. The Morgan fingerprint density at radius 3 is 2.38 bits per heavy atom. The lowest BCUT2D eigenvalue weighted by Crippen LogP contribution is -2.56. The zero-order valence-corrected chi connectivity index (χ0v) is 11.4. The van der Waals surface area contributed by atoms with Crippen LogP contribution < -0.4 is 5.73 Å². The number of rotatable bonds is 5. The second kappa shape index (κ2) is 5.83. The van der Waals surface area contributed by atoms with E-state index in [9.17, 15) is 0 Å². The first kappa shape index (κ1) is 13.7. The van der Waals surface area contributed by atoms with Crippen molar-refractivity contribution in [1.82, 2.24) is 4.90 Å². The predicted molar refractivity (Wildman–Crippen MR) is 71.5 cm³/mol. The van der Waals surface area contributed by atoms with Gasteiger partial charge in [0.2, 0.25) is 0 Å². The van der Waals surface area contributed by atoms with E-state index in [4.69, 9.17) is 5.73 Å². The summed E-state index contributed by atoms with van der Waals surface area (Å²) in [6.45, 7) is 11.1. The Morgan fingerprint density at radius 1 is 1.31 bits per heavy atom. The minimum atomic E-state index is 0.0761. The summed E-state index contributed by atoms with van der Waals surface area (Å²) in [5.41, 5.74) is 8.02. The molecule has 1 atom stereocenters. The van der Waals surface area contributed by atoms with Gasteiger partial charge in [-0.3, -0.25) is 4.90 Å². The second-order valence-corrected chi connectivity index (χ2v) is 5.33. The molecule has 0 aromatic rings. The molecule has 0 spiro atoms. The van der Waals surface area contributed by atoms with Crippen molar-refractivity contribution >= 4 is 0 Å². The zero-order valence-electron chi connectivity index (χ0n) is 11.4. The van der Waals surface area contributed by atoms with Gasteiger partial charge < -0.3 is 5.73 Å². The SMILES string of the molecule is CCN(CC)C(C)(C)C(N)C1=CCCCC1. The molecule has 0 aromatic heterocycles. The zero-order chi connectivity index (χ0) is 12.2. The Labute approximate surface area is 101 Å². The lowest BCUT2D eigenvalue weighted by Gasteiger charge is -2.43. The van der Waals surface area contributed by atoms with E-state index in [0.29, 0.717) is 0 Å². The van der Waals surface area contributed by atoms with Crippen molar-refractivity contribution in [2.75, 3.05) is 13.1 Å². The fraction of sp³-hybridized carbons (Fsp3) is 0.857. The van der Waals surface area contributed by atoms with E-state index < -0.39 is 0 Å². The Balaban J connectivity index is 2.76. The molecule has 16 heavy (non-hydrogen) atoms. The molecule has 0 radical (unpaired) electrons. The average molecular weight is 224 g/mol. The van der Waals surface area contributed by atoms with Crippen molar-refractivity contribution < 1.29 is 0 Å². The van der Waals surface area contributed by atoms with Gasteiger partial charge in [-0.1, -0.05) is 25.5 Å². The van der Waals surface area contributed by atoms with E-state index in [1.54, 1.807) is 0 Å². The summed E-state index contributed by atoms with van der Waals surface area (Å²) in [6, 6.07) is 0.188. The van der Waals surface area contributed by atoms with Crippen molar-refractivity contribution in [3.8, 4) is 0 Å². The van der Waals surface area contributed by atoms with Crippen LogP contribution in [0.3, 0.4) is 0 Å². The molecular formula is C14H28N2. The number of nitrogens with zero attached hydrogens (tertiary/aromatic N) is 1. The van der Waals surface area contributed by atoms with Crippen LogP contribution >= 0.6 is 0 Å². The van der Waals surface area contributed by atoms with Gasteiger partial charge in [0.15, 0.2) is 0 Å². The van der Waals surface area contributed by atoms with Crippen molar-refractivity contribution in [3.63, 3.8) is 0 Å². The maximum Gasteiger partial charge on any atom is 0.0435 e. The standard InChI is InChI=1S/C14H28N2/c1-5-16(6-2)14(3,4)13(15)12-10-8-7-9-11-12/h10,13H,5-9,11,15H2,1-4H3. The second-order valence-electron chi connectivity index (χ2n) is 5.33. The molecule has 2 nitrogen and oxygen atoms in total. The molecule has 1 aliphatic rings. The molecule has 0 fully saturated rings. The molecule has 94 valence electrons. The fourth-order valence-electron chi connectivity index (χ4n) is 2.83. The Hall–Kier alpha value is -0.340. The van der Waals surface area contributed by atoms with Crippen LogP contribution in [0.1, 0.15) is 53.4 Å². The molecule has 0 bridgehead atoms. The molecule has 2 N–H and O–H groups in total. The highest BCUT2D eigenvalue weighted by molar-refractivity contribution is 5.18. The van der Waals surface area contributed by atoms with Crippen LogP contribution in [0, 0.1) is 0 Å². The van der Waals surface area contributed by atoms with Crippen LogP contribution in [0.4, 0.5) is 0 Å². The van der Waals surface area contributed by atoms with Gasteiger partial charge in [0.25, 0.3) is 0 Å². The molecule has 1 rings (SSSR count). The third-order valence-electron chi connectivity index (χ3n) is 4.07. The number of allylic oxidation sites excluding steroid dienone is 1. The fourth-order valence-corrected chi connectivity index (χ4v) is 2.83. The molecule has 0 saturated heterocycles. The van der Waals surface area contributed by atoms with Gasteiger partial charge in [0.1, 0.15) is 0 Å². The minimum absolute atomic E-state index is 0.0761. The van der Waals surface area contributed by atoms with Gasteiger partial charge in [-0.15, -0.1) is 0 Å². The topological polar surface area (TPSA) is 29.3 Å². The first-order valence-corrected chi connectivity index (χ1v) is 6.73. The average Bonchev–Trinajstić information content (AvgIpc) is 2.30. The summed E-state index contributed by atoms with van der Waals surface area (Å²) >= 11 is 0. The van der Waals surface area contributed by atoms with Crippen LogP contribution in [0.2, 0.25) is 0 Å². The van der Waals surface area contributed by atoms with Gasteiger partial charge in [-0.25, -0.2) is 0 Å². The molecule has 0 heterocycles. The molecule has 0 aromatic carbocycles. The third-order valence-corrected chi connectivity index (χ3v) is 4.07. The van der Waals surface area contributed by atoms with E-state index in [2.05, 4.69) is 38.7 Å². The highest BCUT2D eigenvalue weighted by Crippen LogP contribution is 2.28. The van der Waals surface area contributed by atoms with E-state index in [0.717, 1.165) is 13.1 Å². The summed E-state index contributed by atoms with van der Waals surface area (Å²) in [7, 11) is 0. The smallest absolute Gasteiger partial charge is 0.0435 e. The lowest BCUT2D eigenvalue weighted by atomic mass is 9.82. The number of nitrogens with two attached hydrogens (primary N) is 1. The summed E-state index contributed by atoms with van der Waals surface area (Å²) in [5, 5.41) is 0. The highest BCUT2D eigenvalue weighted by Gasteiger charge is 2.33. The first-order chi connectivity index (χ1) is 7.54. The van der Waals surface area contributed by atoms with E-state index in [-0.39, 0.29) is 11.6 Å². The summed E-state index contributed by atoms with van der Waals surface area (Å²) < 4.78 is 0. The van der Waals surface area contributed by atoms with E-state index in [1.807, 2.05) is 0 Å². The van der Waals surface area contributed by atoms with Gasteiger partial charge >= 0.3 is 0 Å². The van der Waals surface area contributed by atoms with Gasteiger partial charge in [-0.05, 0) is 52.6 Å². The first-order valence-electron chi connectivity index (χ1n) is 6.73. The molecule has 1 aliphatic carbocycles. The van der Waals surface area contributed by atoms with Crippen LogP contribution in [0.15, 0.2) is 11.6 Å². The Morgan fingerprint density at radius 2 is 1.94 bits per heavy atom. The van der Waals surface area contributed by atoms with Gasteiger partial charge in [0, 0.05) is 11.6 Å². The van der Waals surface area contributed by atoms with E-state index >= 15 is 0 Å². The van der Waals surface area contributed by atoms with Crippen molar-refractivity contribution in [3.05, 3.63) is 11.6 Å². The highest BCUT2D eigenvalue weighted by atomic mass is 15.2. The van der Waals surface area contributed by atoms with Gasteiger partial charge in [-0.2, -0.15) is 0 Å². The number of likely N-dealkylation sites (N-methyl/N-ethyl adjacent to an activating group) is 1. The van der Waals surface area contributed by atoms with Gasteiger partial charge in [0.05, 0.1) is 0 Å².